The minimum absolute atomic E-state index is 0.0504. The van der Waals surface area contributed by atoms with Crippen molar-refractivity contribution in [2.75, 3.05) is 6.61 Å². The highest BCUT2D eigenvalue weighted by Crippen LogP contribution is 2.25. The van der Waals surface area contributed by atoms with E-state index in [1.54, 1.807) is 4.68 Å². The highest BCUT2D eigenvalue weighted by atomic mass is 35.5. The van der Waals surface area contributed by atoms with Crippen LogP contribution in [0.15, 0.2) is 36.9 Å². The molecule has 1 aromatic heterocycles. The highest BCUT2D eigenvalue weighted by Gasteiger charge is 2.18. The molecule has 0 saturated carbocycles. The number of hydrogen-bond acceptors (Lipinski definition) is 3. The fourth-order valence-corrected chi connectivity index (χ4v) is 2.99. The van der Waals surface area contributed by atoms with Gasteiger partial charge in [0.2, 0.25) is 0 Å². The molecule has 1 heterocycles. The fourth-order valence-electron chi connectivity index (χ4n) is 2.68. The molecule has 0 bridgehead atoms. The van der Waals surface area contributed by atoms with Crippen LogP contribution in [-0.2, 0) is 13.0 Å². The maximum absolute atomic E-state index is 10.3. The Morgan fingerprint density at radius 1 is 1.35 bits per heavy atom. The number of benzene rings is 1. The summed E-state index contributed by atoms with van der Waals surface area (Å²) in [5.41, 5.74) is 4.47. The van der Waals surface area contributed by atoms with Gasteiger partial charge in [0, 0.05) is 17.0 Å². The van der Waals surface area contributed by atoms with E-state index in [-0.39, 0.29) is 12.4 Å². The molecule has 0 fully saturated rings. The molecule has 0 spiro atoms. The van der Waals surface area contributed by atoms with Crippen molar-refractivity contribution in [3.63, 3.8) is 0 Å². The Hall–Kier alpha value is -2.04. The second kappa shape index (κ2) is 7.49. The Balaban J connectivity index is 2.52. The van der Waals surface area contributed by atoms with E-state index in [0.29, 0.717) is 23.7 Å². The smallest absolute Gasteiger partial charge is 0.141 e. The number of aliphatic hydroxyl groups excluding tert-OH is 2. The van der Waals surface area contributed by atoms with Crippen LogP contribution in [0.4, 0.5) is 0 Å². The van der Waals surface area contributed by atoms with Gasteiger partial charge in [-0.25, -0.2) is 0 Å². The molecule has 0 aliphatic rings. The Morgan fingerprint density at radius 3 is 2.70 bits per heavy atom. The van der Waals surface area contributed by atoms with Gasteiger partial charge in [0.1, 0.15) is 11.5 Å². The summed E-state index contributed by atoms with van der Waals surface area (Å²) in [4.78, 5) is 0. The molecule has 2 aromatic rings. The van der Waals surface area contributed by atoms with E-state index in [1.807, 2.05) is 26.0 Å². The Labute approximate surface area is 141 Å². The number of rotatable bonds is 6. The predicted molar refractivity (Wildman–Crippen MR) is 93.8 cm³/mol. The predicted octanol–water partition coefficient (Wildman–Crippen LogP) is 3.82. The lowest BCUT2D eigenvalue weighted by Crippen LogP contribution is -2.09. The summed E-state index contributed by atoms with van der Waals surface area (Å²) in [5.74, 6) is 0.0859. The zero-order chi connectivity index (χ0) is 17.0. The van der Waals surface area contributed by atoms with E-state index in [9.17, 15) is 10.2 Å². The second-order valence-corrected chi connectivity index (χ2v) is 5.90. The van der Waals surface area contributed by atoms with Crippen molar-refractivity contribution < 1.29 is 10.2 Å². The van der Waals surface area contributed by atoms with E-state index in [1.165, 1.54) is 12.2 Å². The molecule has 0 amide bonds. The van der Waals surface area contributed by atoms with Crippen molar-refractivity contribution in [3.05, 3.63) is 70.0 Å². The first-order valence-electron chi connectivity index (χ1n) is 7.41. The normalized spacial score (nSPS) is 11.7. The monoisotopic (exact) mass is 332 g/mol. The lowest BCUT2D eigenvalue weighted by molar-refractivity contribution is 0.267. The van der Waals surface area contributed by atoms with Gasteiger partial charge < -0.3 is 10.2 Å². The van der Waals surface area contributed by atoms with E-state index < -0.39 is 0 Å². The van der Waals surface area contributed by atoms with Crippen LogP contribution in [0.3, 0.4) is 0 Å². The molecule has 2 N–H and O–H groups in total. The third kappa shape index (κ3) is 4.03. The third-order valence-corrected chi connectivity index (χ3v) is 3.78. The first-order chi connectivity index (χ1) is 11.0. The molecular formula is C18H21ClN2O2. The zero-order valence-electron chi connectivity index (χ0n) is 13.4. The largest absolute Gasteiger partial charge is 0.506 e. The average molecular weight is 333 g/mol. The first kappa shape index (κ1) is 17.3. The highest BCUT2D eigenvalue weighted by molar-refractivity contribution is 6.30. The molecule has 23 heavy (non-hydrogen) atoms. The summed E-state index contributed by atoms with van der Waals surface area (Å²) in [6, 6.07) is 5.88. The fraction of sp³-hybridized carbons (Fsp3) is 0.278. The van der Waals surface area contributed by atoms with Gasteiger partial charge in [0.25, 0.3) is 0 Å². The molecule has 0 saturated heterocycles. The Bertz CT molecular complexity index is 727. The van der Waals surface area contributed by atoms with Gasteiger partial charge >= 0.3 is 0 Å². The van der Waals surface area contributed by atoms with Crippen molar-refractivity contribution in [2.24, 2.45) is 0 Å². The molecule has 0 unspecified atom stereocenters. The lowest BCUT2D eigenvalue weighted by Gasteiger charge is -2.09. The maximum atomic E-state index is 10.3. The van der Waals surface area contributed by atoms with Gasteiger partial charge in [-0.2, -0.15) is 5.10 Å². The molecule has 122 valence electrons. The van der Waals surface area contributed by atoms with E-state index in [2.05, 4.69) is 17.7 Å². The number of aromatic nitrogens is 2. The van der Waals surface area contributed by atoms with Crippen molar-refractivity contribution in [2.45, 2.75) is 26.8 Å². The molecule has 2 rings (SSSR count). The van der Waals surface area contributed by atoms with Crippen LogP contribution >= 0.6 is 11.6 Å². The molecule has 5 heteroatoms. The number of allylic oxidation sites excluding steroid dienone is 2. The molecule has 0 atom stereocenters. The van der Waals surface area contributed by atoms with Gasteiger partial charge in [-0.05, 0) is 43.2 Å². The van der Waals surface area contributed by atoms with Crippen LogP contribution in [0.25, 0.3) is 5.76 Å². The topological polar surface area (TPSA) is 58.3 Å². The number of aliphatic hydroxyl groups is 2. The molecule has 0 aliphatic carbocycles. The SMILES string of the molecule is C=C/C=C(\O)c1c(Cc2cc(C)cc(Cl)c2)c(C)nn1CCO. The first-order valence-corrected chi connectivity index (χ1v) is 7.79. The summed E-state index contributed by atoms with van der Waals surface area (Å²) in [6.07, 6.45) is 3.65. The lowest BCUT2D eigenvalue weighted by atomic mass is 10.0. The molecule has 0 radical (unpaired) electrons. The van der Waals surface area contributed by atoms with Gasteiger partial charge in [-0.1, -0.05) is 30.3 Å². The van der Waals surface area contributed by atoms with E-state index >= 15 is 0 Å². The van der Waals surface area contributed by atoms with Crippen LogP contribution in [0, 0.1) is 13.8 Å². The summed E-state index contributed by atoms with van der Waals surface area (Å²) >= 11 is 6.14. The molecule has 0 aliphatic heterocycles. The second-order valence-electron chi connectivity index (χ2n) is 5.46. The van der Waals surface area contributed by atoms with Crippen LogP contribution < -0.4 is 0 Å². The number of nitrogens with zero attached hydrogens (tertiary/aromatic N) is 2. The minimum Gasteiger partial charge on any atom is -0.506 e. The zero-order valence-corrected chi connectivity index (χ0v) is 14.1. The summed E-state index contributed by atoms with van der Waals surface area (Å²) in [7, 11) is 0. The van der Waals surface area contributed by atoms with Crippen molar-refractivity contribution in [3.8, 4) is 0 Å². The summed E-state index contributed by atoms with van der Waals surface area (Å²) in [6.45, 7) is 7.77. The maximum Gasteiger partial charge on any atom is 0.141 e. The number of hydrogen-bond donors (Lipinski definition) is 2. The van der Waals surface area contributed by atoms with E-state index in [0.717, 1.165) is 22.4 Å². The number of halogens is 1. The molecular weight excluding hydrogens is 312 g/mol. The van der Waals surface area contributed by atoms with Gasteiger partial charge in [0.05, 0.1) is 18.8 Å². The minimum atomic E-state index is -0.0504. The summed E-state index contributed by atoms with van der Waals surface area (Å²) < 4.78 is 1.62. The third-order valence-electron chi connectivity index (χ3n) is 3.56. The average Bonchev–Trinajstić information content (AvgIpc) is 2.74. The van der Waals surface area contributed by atoms with Gasteiger partial charge in [-0.15, -0.1) is 0 Å². The van der Waals surface area contributed by atoms with Gasteiger partial charge in [-0.3, -0.25) is 4.68 Å². The Morgan fingerprint density at radius 2 is 2.09 bits per heavy atom. The van der Waals surface area contributed by atoms with Crippen LogP contribution in [0.1, 0.15) is 28.1 Å². The van der Waals surface area contributed by atoms with Crippen LogP contribution in [0.5, 0.6) is 0 Å². The molecule has 4 nitrogen and oxygen atoms in total. The standard InChI is InChI=1S/C18H21ClN2O2/c1-4-5-17(23)18-16(13(3)20-21(18)6-7-22)11-14-8-12(2)9-15(19)10-14/h4-5,8-10,22-23H,1,6-7,11H2,2-3H3/b17-5-. The Kier molecular flexibility index (Phi) is 5.64. The molecule has 1 aromatic carbocycles. The summed E-state index contributed by atoms with van der Waals surface area (Å²) in [5, 5.41) is 24.7. The van der Waals surface area contributed by atoms with Crippen LogP contribution in [-0.4, -0.2) is 26.6 Å². The van der Waals surface area contributed by atoms with Gasteiger partial charge in [0.15, 0.2) is 0 Å². The van der Waals surface area contributed by atoms with E-state index in [4.69, 9.17) is 11.6 Å². The van der Waals surface area contributed by atoms with Crippen molar-refractivity contribution >= 4 is 17.4 Å². The quantitative estimate of drug-likeness (QED) is 0.624. The van der Waals surface area contributed by atoms with Crippen molar-refractivity contribution in [1.82, 2.24) is 9.78 Å². The van der Waals surface area contributed by atoms with Crippen LogP contribution in [0.2, 0.25) is 5.02 Å². The number of aryl methyl sites for hydroxylation is 2. The van der Waals surface area contributed by atoms with Crippen molar-refractivity contribution in [1.29, 1.82) is 0 Å².